The third kappa shape index (κ3) is 4.07. The zero-order valence-electron chi connectivity index (χ0n) is 16.2. The van der Waals surface area contributed by atoms with Gasteiger partial charge in [-0.15, -0.1) is 5.10 Å². The standard InChI is InChI=1S/C22H17F2N5O2/c23-16-5-3-13(18-6-7-19-21(26-18)28-29-27-19)9-15(16)22(30)25-14-4-8-20(17(24)10-14)31-11-12-1-2-12/h3-10,12H,1-2,11H2,(H,25,30)(H,26,27,28,29). The Hall–Kier alpha value is -3.88. The fourth-order valence-corrected chi connectivity index (χ4v) is 3.15. The van der Waals surface area contributed by atoms with Crippen LogP contribution in [0.2, 0.25) is 0 Å². The van der Waals surface area contributed by atoms with Crippen molar-refractivity contribution >= 4 is 22.8 Å². The molecular formula is C22H17F2N5O2. The van der Waals surface area contributed by atoms with Crippen molar-refractivity contribution in [3.8, 4) is 17.0 Å². The molecule has 156 valence electrons. The van der Waals surface area contributed by atoms with Crippen LogP contribution in [-0.4, -0.2) is 32.9 Å². The molecule has 0 aliphatic heterocycles. The minimum Gasteiger partial charge on any atom is -0.490 e. The van der Waals surface area contributed by atoms with E-state index < -0.39 is 17.5 Å². The quantitative estimate of drug-likeness (QED) is 0.483. The van der Waals surface area contributed by atoms with E-state index in [0.717, 1.165) is 18.9 Å². The number of nitrogens with one attached hydrogen (secondary N) is 2. The first-order valence-electron chi connectivity index (χ1n) is 9.78. The second-order valence-electron chi connectivity index (χ2n) is 7.42. The monoisotopic (exact) mass is 421 g/mol. The van der Waals surface area contributed by atoms with Gasteiger partial charge in [0.05, 0.1) is 17.9 Å². The summed E-state index contributed by atoms with van der Waals surface area (Å²) in [5.74, 6) is -1.36. The van der Waals surface area contributed by atoms with Crippen LogP contribution in [0.5, 0.6) is 5.75 Å². The predicted octanol–water partition coefficient (Wildman–Crippen LogP) is 4.34. The van der Waals surface area contributed by atoms with Gasteiger partial charge in [-0.25, -0.2) is 18.9 Å². The number of hydrogen-bond donors (Lipinski definition) is 2. The number of hydrogen-bond acceptors (Lipinski definition) is 5. The van der Waals surface area contributed by atoms with E-state index in [2.05, 4.69) is 25.7 Å². The number of ether oxygens (including phenoxy) is 1. The van der Waals surface area contributed by atoms with E-state index in [0.29, 0.717) is 34.9 Å². The van der Waals surface area contributed by atoms with Crippen molar-refractivity contribution in [1.82, 2.24) is 20.4 Å². The van der Waals surface area contributed by atoms with Crippen LogP contribution in [0.4, 0.5) is 14.5 Å². The number of amides is 1. The Morgan fingerprint density at radius 1 is 1.10 bits per heavy atom. The molecular weight excluding hydrogens is 404 g/mol. The maximum absolute atomic E-state index is 14.4. The molecule has 9 heteroatoms. The number of carbonyl (C=O) groups excluding carboxylic acids is 1. The molecule has 0 atom stereocenters. The minimum atomic E-state index is -0.699. The fourth-order valence-electron chi connectivity index (χ4n) is 3.15. The molecule has 5 rings (SSSR count). The Bertz CT molecular complexity index is 1290. The van der Waals surface area contributed by atoms with E-state index in [1.807, 2.05) is 0 Å². The van der Waals surface area contributed by atoms with Gasteiger partial charge in [0.1, 0.15) is 11.3 Å². The van der Waals surface area contributed by atoms with Crippen LogP contribution >= 0.6 is 0 Å². The summed E-state index contributed by atoms with van der Waals surface area (Å²) in [4.78, 5) is 17.0. The largest absolute Gasteiger partial charge is 0.490 e. The highest BCUT2D eigenvalue weighted by molar-refractivity contribution is 6.05. The summed E-state index contributed by atoms with van der Waals surface area (Å²) in [6.07, 6.45) is 2.20. The summed E-state index contributed by atoms with van der Waals surface area (Å²) < 4.78 is 34.1. The van der Waals surface area contributed by atoms with Gasteiger partial charge in [-0.1, -0.05) is 5.21 Å². The molecule has 1 aliphatic rings. The Morgan fingerprint density at radius 2 is 1.97 bits per heavy atom. The van der Waals surface area contributed by atoms with E-state index in [9.17, 15) is 13.6 Å². The van der Waals surface area contributed by atoms with E-state index in [4.69, 9.17) is 4.74 Å². The number of carbonyl (C=O) groups is 1. The van der Waals surface area contributed by atoms with Crippen LogP contribution in [0.15, 0.2) is 48.5 Å². The number of fused-ring (bicyclic) bond motifs is 1. The van der Waals surface area contributed by atoms with Gasteiger partial charge in [-0.05, 0) is 61.2 Å². The normalized spacial score (nSPS) is 13.4. The molecule has 2 N–H and O–H groups in total. The van der Waals surface area contributed by atoms with Crippen LogP contribution < -0.4 is 10.1 Å². The zero-order chi connectivity index (χ0) is 21.4. The highest BCUT2D eigenvalue weighted by atomic mass is 19.1. The molecule has 4 aromatic rings. The topological polar surface area (TPSA) is 92.8 Å². The summed E-state index contributed by atoms with van der Waals surface area (Å²) in [5, 5.41) is 12.7. The summed E-state index contributed by atoms with van der Waals surface area (Å²) in [6.45, 7) is 0.481. The average Bonchev–Trinajstić information content (AvgIpc) is 3.47. The minimum absolute atomic E-state index is 0.132. The molecule has 31 heavy (non-hydrogen) atoms. The first kappa shape index (κ1) is 19.1. The highest BCUT2D eigenvalue weighted by Crippen LogP contribution is 2.31. The first-order chi connectivity index (χ1) is 15.1. The SMILES string of the molecule is O=C(Nc1ccc(OCC2CC2)c(F)c1)c1cc(-c2ccc3nn[nH]c3n2)ccc1F. The molecule has 7 nitrogen and oxygen atoms in total. The summed E-state index contributed by atoms with van der Waals surface area (Å²) in [6, 6.07) is 11.7. The number of aromatic nitrogens is 4. The number of pyridine rings is 1. The second-order valence-corrected chi connectivity index (χ2v) is 7.42. The van der Waals surface area contributed by atoms with E-state index in [1.54, 1.807) is 12.1 Å². The molecule has 1 aliphatic carbocycles. The Kier molecular flexibility index (Phi) is 4.78. The lowest BCUT2D eigenvalue weighted by atomic mass is 10.1. The van der Waals surface area contributed by atoms with Crippen LogP contribution in [0, 0.1) is 17.6 Å². The number of rotatable bonds is 6. The van der Waals surface area contributed by atoms with Crippen molar-refractivity contribution in [3.05, 3.63) is 65.7 Å². The van der Waals surface area contributed by atoms with Gasteiger partial charge in [0.25, 0.3) is 5.91 Å². The smallest absolute Gasteiger partial charge is 0.258 e. The summed E-state index contributed by atoms with van der Waals surface area (Å²) in [5.41, 5.74) is 2.15. The van der Waals surface area contributed by atoms with Gasteiger partial charge in [-0.3, -0.25) is 4.79 Å². The van der Waals surface area contributed by atoms with Crippen molar-refractivity contribution in [2.45, 2.75) is 12.8 Å². The van der Waals surface area contributed by atoms with Gasteiger partial charge >= 0.3 is 0 Å². The molecule has 0 saturated heterocycles. The molecule has 1 amide bonds. The Morgan fingerprint density at radius 3 is 2.77 bits per heavy atom. The van der Waals surface area contributed by atoms with Gasteiger partial charge in [-0.2, -0.15) is 0 Å². The predicted molar refractivity (Wildman–Crippen MR) is 110 cm³/mol. The fraction of sp³-hybridized carbons (Fsp3) is 0.182. The maximum Gasteiger partial charge on any atom is 0.258 e. The van der Waals surface area contributed by atoms with Crippen molar-refractivity contribution in [1.29, 1.82) is 0 Å². The number of anilines is 1. The van der Waals surface area contributed by atoms with Gasteiger partial charge < -0.3 is 10.1 Å². The number of H-pyrrole nitrogens is 1. The molecule has 1 saturated carbocycles. The van der Waals surface area contributed by atoms with E-state index in [-0.39, 0.29) is 17.0 Å². The Balaban J connectivity index is 1.36. The van der Waals surface area contributed by atoms with Gasteiger partial charge in [0.15, 0.2) is 17.2 Å². The van der Waals surface area contributed by atoms with Gasteiger partial charge in [0.2, 0.25) is 0 Å². The van der Waals surface area contributed by atoms with Crippen molar-refractivity contribution in [3.63, 3.8) is 0 Å². The highest BCUT2D eigenvalue weighted by Gasteiger charge is 2.22. The molecule has 2 aromatic heterocycles. The van der Waals surface area contributed by atoms with Gasteiger partial charge in [0, 0.05) is 17.3 Å². The number of halogens is 2. The zero-order valence-corrected chi connectivity index (χ0v) is 16.2. The van der Waals surface area contributed by atoms with E-state index in [1.165, 1.54) is 30.3 Å². The molecule has 0 radical (unpaired) electrons. The van der Waals surface area contributed by atoms with Crippen molar-refractivity contribution in [2.75, 3.05) is 11.9 Å². The second kappa shape index (κ2) is 7.75. The average molecular weight is 421 g/mol. The molecule has 2 aromatic carbocycles. The Labute approximate surface area is 175 Å². The summed E-state index contributed by atoms with van der Waals surface area (Å²) in [7, 11) is 0. The first-order valence-corrected chi connectivity index (χ1v) is 9.78. The molecule has 0 spiro atoms. The molecule has 1 fully saturated rings. The third-order valence-electron chi connectivity index (χ3n) is 5.06. The lowest BCUT2D eigenvalue weighted by molar-refractivity contribution is 0.102. The van der Waals surface area contributed by atoms with Crippen molar-refractivity contribution in [2.24, 2.45) is 5.92 Å². The summed E-state index contributed by atoms with van der Waals surface area (Å²) >= 11 is 0. The molecule has 0 unspecified atom stereocenters. The number of nitrogens with zero attached hydrogens (tertiary/aromatic N) is 3. The van der Waals surface area contributed by atoms with Crippen LogP contribution in [0.1, 0.15) is 23.2 Å². The molecule has 0 bridgehead atoms. The van der Waals surface area contributed by atoms with Crippen LogP contribution in [0.25, 0.3) is 22.4 Å². The third-order valence-corrected chi connectivity index (χ3v) is 5.06. The lowest BCUT2D eigenvalue weighted by Crippen LogP contribution is -2.14. The van der Waals surface area contributed by atoms with Crippen LogP contribution in [-0.2, 0) is 0 Å². The lowest BCUT2D eigenvalue weighted by Gasteiger charge is -2.10. The number of benzene rings is 2. The maximum atomic E-state index is 14.4. The molecule has 2 heterocycles. The van der Waals surface area contributed by atoms with E-state index >= 15 is 0 Å². The number of aromatic amines is 1. The van der Waals surface area contributed by atoms with Crippen LogP contribution in [0.3, 0.4) is 0 Å². The van der Waals surface area contributed by atoms with Crippen molar-refractivity contribution < 1.29 is 18.3 Å².